The summed E-state index contributed by atoms with van der Waals surface area (Å²) in [5, 5.41) is 7.54. The number of hydrogen-bond acceptors (Lipinski definition) is 5. The molecule has 0 bridgehead atoms. The molecule has 114 valence electrons. The van der Waals surface area contributed by atoms with Gasteiger partial charge in [-0.25, -0.2) is 0 Å². The lowest BCUT2D eigenvalue weighted by molar-refractivity contribution is 0.316. The second-order valence-electron chi connectivity index (χ2n) is 5.08. The summed E-state index contributed by atoms with van der Waals surface area (Å²) < 4.78 is 6.38. The molecule has 2 unspecified atom stereocenters. The monoisotopic (exact) mass is 352 g/mol. The first-order valence-electron chi connectivity index (χ1n) is 7.34. The summed E-state index contributed by atoms with van der Waals surface area (Å²) in [7, 11) is 0. The summed E-state index contributed by atoms with van der Waals surface area (Å²) in [4.78, 5) is 8.81. The fraction of sp³-hybridized carbons (Fsp3) is 0.533. The molecule has 0 amide bonds. The van der Waals surface area contributed by atoms with Crippen molar-refractivity contribution in [3.8, 4) is 11.5 Å². The van der Waals surface area contributed by atoms with Gasteiger partial charge in [-0.3, -0.25) is 4.98 Å². The van der Waals surface area contributed by atoms with E-state index in [9.17, 15) is 0 Å². The van der Waals surface area contributed by atoms with E-state index in [2.05, 4.69) is 57.1 Å². The molecular weight excluding hydrogens is 332 g/mol. The number of hydrogen-bond donors (Lipinski definition) is 1. The van der Waals surface area contributed by atoms with Crippen LogP contribution in [0.4, 0.5) is 0 Å². The minimum atomic E-state index is 0.216. The van der Waals surface area contributed by atoms with Crippen molar-refractivity contribution in [2.24, 2.45) is 0 Å². The van der Waals surface area contributed by atoms with Crippen LogP contribution in [0, 0.1) is 0 Å². The SMILES string of the molecule is CCCNC(C)C(CC)c1nc(-c2ccc(Br)cn2)no1. The summed E-state index contributed by atoms with van der Waals surface area (Å²) >= 11 is 3.37. The van der Waals surface area contributed by atoms with Crippen LogP contribution in [0.1, 0.15) is 45.4 Å². The molecule has 2 aromatic rings. The van der Waals surface area contributed by atoms with Crippen LogP contribution in [0.3, 0.4) is 0 Å². The minimum absolute atomic E-state index is 0.216. The summed E-state index contributed by atoms with van der Waals surface area (Å²) in [6.07, 6.45) is 3.79. The predicted molar refractivity (Wildman–Crippen MR) is 86.0 cm³/mol. The standard InChI is InChI=1S/C15H21BrN4O/c1-4-8-17-10(3)12(5-2)15-19-14(20-21-15)13-7-6-11(16)9-18-13/h6-7,9-10,12,17H,4-5,8H2,1-3H3. The van der Waals surface area contributed by atoms with Gasteiger partial charge in [0.2, 0.25) is 11.7 Å². The van der Waals surface area contributed by atoms with E-state index in [1.165, 1.54) is 0 Å². The zero-order valence-electron chi connectivity index (χ0n) is 12.6. The summed E-state index contributed by atoms with van der Waals surface area (Å²) in [6.45, 7) is 7.44. The van der Waals surface area contributed by atoms with E-state index in [-0.39, 0.29) is 5.92 Å². The molecule has 21 heavy (non-hydrogen) atoms. The molecule has 2 aromatic heterocycles. The summed E-state index contributed by atoms with van der Waals surface area (Å²) in [6, 6.07) is 4.10. The van der Waals surface area contributed by atoms with Crippen molar-refractivity contribution in [3.63, 3.8) is 0 Å². The van der Waals surface area contributed by atoms with Crippen molar-refractivity contribution in [2.45, 2.75) is 45.6 Å². The smallest absolute Gasteiger partial charge is 0.231 e. The summed E-state index contributed by atoms with van der Waals surface area (Å²) in [5.74, 6) is 1.43. The normalized spacial score (nSPS) is 14.1. The third-order valence-electron chi connectivity index (χ3n) is 3.48. The molecule has 6 heteroatoms. The van der Waals surface area contributed by atoms with Crippen LogP contribution >= 0.6 is 15.9 Å². The molecule has 0 spiro atoms. The Kier molecular flexibility index (Phi) is 5.87. The molecule has 2 heterocycles. The quantitative estimate of drug-likeness (QED) is 0.821. The highest BCUT2D eigenvalue weighted by molar-refractivity contribution is 9.10. The lowest BCUT2D eigenvalue weighted by atomic mass is 9.98. The van der Waals surface area contributed by atoms with Crippen LogP contribution in [0.2, 0.25) is 0 Å². The fourth-order valence-electron chi connectivity index (χ4n) is 2.25. The van der Waals surface area contributed by atoms with Gasteiger partial charge in [0.1, 0.15) is 5.69 Å². The first-order valence-corrected chi connectivity index (χ1v) is 8.13. The molecule has 5 nitrogen and oxygen atoms in total. The van der Waals surface area contributed by atoms with E-state index in [4.69, 9.17) is 4.52 Å². The predicted octanol–water partition coefficient (Wildman–Crippen LogP) is 3.78. The molecule has 0 fully saturated rings. The Morgan fingerprint density at radius 2 is 2.14 bits per heavy atom. The zero-order chi connectivity index (χ0) is 15.2. The zero-order valence-corrected chi connectivity index (χ0v) is 14.2. The summed E-state index contributed by atoms with van der Waals surface area (Å²) in [5.41, 5.74) is 0.720. The van der Waals surface area contributed by atoms with Gasteiger partial charge >= 0.3 is 0 Å². The Hall–Kier alpha value is -1.27. The van der Waals surface area contributed by atoms with Crippen LogP contribution in [0.15, 0.2) is 27.3 Å². The second kappa shape index (κ2) is 7.66. The van der Waals surface area contributed by atoms with E-state index < -0.39 is 0 Å². The molecular formula is C15H21BrN4O. The van der Waals surface area contributed by atoms with Gasteiger partial charge in [0, 0.05) is 16.7 Å². The maximum absolute atomic E-state index is 5.45. The first-order chi connectivity index (χ1) is 10.2. The van der Waals surface area contributed by atoms with Gasteiger partial charge in [0.15, 0.2) is 0 Å². The molecule has 2 atom stereocenters. The largest absolute Gasteiger partial charge is 0.339 e. The average molecular weight is 353 g/mol. The maximum atomic E-state index is 5.45. The Morgan fingerprint density at radius 1 is 1.33 bits per heavy atom. The number of nitrogens with one attached hydrogen (secondary N) is 1. The molecule has 2 rings (SSSR count). The second-order valence-corrected chi connectivity index (χ2v) is 5.99. The Labute approximate surface area is 133 Å². The van der Waals surface area contributed by atoms with Gasteiger partial charge in [0.05, 0.1) is 5.92 Å². The fourth-order valence-corrected chi connectivity index (χ4v) is 2.49. The first kappa shape index (κ1) is 16.1. The van der Waals surface area contributed by atoms with Crippen molar-refractivity contribution in [3.05, 3.63) is 28.7 Å². The Balaban J connectivity index is 2.15. The topological polar surface area (TPSA) is 63.8 Å². The van der Waals surface area contributed by atoms with Gasteiger partial charge in [-0.05, 0) is 54.4 Å². The number of rotatable bonds is 7. The number of aromatic nitrogens is 3. The van der Waals surface area contributed by atoms with Crippen LogP contribution in [0.5, 0.6) is 0 Å². The molecule has 0 saturated heterocycles. The van der Waals surface area contributed by atoms with Gasteiger partial charge in [-0.2, -0.15) is 4.98 Å². The van der Waals surface area contributed by atoms with E-state index in [0.717, 1.165) is 29.6 Å². The van der Waals surface area contributed by atoms with E-state index >= 15 is 0 Å². The highest BCUT2D eigenvalue weighted by Gasteiger charge is 2.23. The van der Waals surface area contributed by atoms with E-state index in [1.54, 1.807) is 6.20 Å². The van der Waals surface area contributed by atoms with Crippen molar-refractivity contribution >= 4 is 15.9 Å². The number of halogens is 1. The van der Waals surface area contributed by atoms with Crippen molar-refractivity contribution in [1.29, 1.82) is 0 Å². The molecule has 0 radical (unpaired) electrons. The third-order valence-corrected chi connectivity index (χ3v) is 3.94. The van der Waals surface area contributed by atoms with Crippen molar-refractivity contribution < 1.29 is 4.52 Å². The molecule has 0 aliphatic rings. The average Bonchev–Trinajstić information content (AvgIpc) is 2.96. The van der Waals surface area contributed by atoms with Crippen LogP contribution < -0.4 is 5.32 Å². The Bertz CT molecular complexity index is 555. The molecule has 0 aliphatic carbocycles. The minimum Gasteiger partial charge on any atom is -0.339 e. The van der Waals surface area contributed by atoms with E-state index in [1.807, 2.05) is 12.1 Å². The lowest BCUT2D eigenvalue weighted by Gasteiger charge is -2.20. The molecule has 1 N–H and O–H groups in total. The van der Waals surface area contributed by atoms with Crippen LogP contribution in [-0.4, -0.2) is 27.7 Å². The van der Waals surface area contributed by atoms with Crippen LogP contribution in [0.25, 0.3) is 11.5 Å². The van der Waals surface area contributed by atoms with Crippen LogP contribution in [-0.2, 0) is 0 Å². The number of nitrogens with zero attached hydrogens (tertiary/aromatic N) is 3. The highest BCUT2D eigenvalue weighted by Crippen LogP contribution is 2.24. The maximum Gasteiger partial charge on any atom is 0.231 e. The van der Waals surface area contributed by atoms with Gasteiger partial charge in [-0.1, -0.05) is 19.0 Å². The molecule has 0 saturated carbocycles. The van der Waals surface area contributed by atoms with Crippen molar-refractivity contribution in [2.75, 3.05) is 6.54 Å². The van der Waals surface area contributed by atoms with Gasteiger partial charge in [-0.15, -0.1) is 0 Å². The lowest BCUT2D eigenvalue weighted by Crippen LogP contribution is -2.32. The van der Waals surface area contributed by atoms with Gasteiger partial charge < -0.3 is 9.84 Å². The number of pyridine rings is 1. The Morgan fingerprint density at radius 3 is 2.76 bits per heavy atom. The van der Waals surface area contributed by atoms with Gasteiger partial charge in [0.25, 0.3) is 0 Å². The van der Waals surface area contributed by atoms with Crippen molar-refractivity contribution in [1.82, 2.24) is 20.4 Å². The third kappa shape index (κ3) is 4.11. The highest BCUT2D eigenvalue weighted by atomic mass is 79.9. The van der Waals surface area contributed by atoms with E-state index in [0.29, 0.717) is 17.8 Å². The molecule has 0 aliphatic heterocycles. The molecule has 0 aromatic carbocycles.